The fourth-order valence-electron chi connectivity index (χ4n) is 4.21. The van der Waals surface area contributed by atoms with Gasteiger partial charge in [0.25, 0.3) is 11.8 Å². The Morgan fingerprint density at radius 3 is 2.42 bits per heavy atom. The van der Waals surface area contributed by atoms with Crippen molar-refractivity contribution in [1.29, 1.82) is 5.26 Å². The van der Waals surface area contributed by atoms with Crippen LogP contribution in [0.2, 0.25) is 0 Å². The highest BCUT2D eigenvalue weighted by Crippen LogP contribution is 2.69. The Kier molecular flexibility index (Phi) is 3.60. The Balaban J connectivity index is 1.90. The maximum atomic E-state index is 13.4. The van der Waals surface area contributed by atoms with Gasteiger partial charge in [0.15, 0.2) is 9.74 Å². The number of likely N-dealkylation sites (N-methyl/N-ethyl adjacent to an activating group) is 1. The van der Waals surface area contributed by atoms with Crippen LogP contribution in [0.1, 0.15) is 31.9 Å². The normalized spacial score (nSPS) is 38.3. The SMILES string of the molecule is COc1ccc(C2N3C(=O)C4(C)SSC3(CC2(C)C#N)C(=O)N4C)cc1. The molecule has 4 heterocycles. The molecular weight excluding hydrogens is 370 g/mol. The summed E-state index contributed by atoms with van der Waals surface area (Å²) in [6.45, 7) is 3.62. The second-order valence-electron chi connectivity index (χ2n) is 7.35. The van der Waals surface area contributed by atoms with Gasteiger partial charge in [-0.1, -0.05) is 33.7 Å². The van der Waals surface area contributed by atoms with Gasteiger partial charge in [0.2, 0.25) is 0 Å². The van der Waals surface area contributed by atoms with E-state index in [2.05, 4.69) is 6.07 Å². The van der Waals surface area contributed by atoms with E-state index in [1.807, 2.05) is 31.2 Å². The molecule has 0 aliphatic carbocycles. The highest BCUT2D eigenvalue weighted by atomic mass is 33.1. The molecule has 0 aromatic heterocycles. The fraction of sp³-hybridized carbons (Fsp3) is 0.500. The molecule has 136 valence electrons. The number of hydrogen-bond acceptors (Lipinski definition) is 6. The van der Waals surface area contributed by atoms with Crippen molar-refractivity contribution in [3.8, 4) is 11.8 Å². The summed E-state index contributed by atoms with van der Waals surface area (Å²) in [5.41, 5.74) is -0.0125. The molecule has 4 unspecified atom stereocenters. The van der Waals surface area contributed by atoms with Crippen molar-refractivity contribution in [1.82, 2.24) is 9.80 Å². The highest BCUT2D eigenvalue weighted by molar-refractivity contribution is 8.78. The third kappa shape index (κ3) is 1.90. The van der Waals surface area contributed by atoms with Crippen LogP contribution in [0.25, 0.3) is 0 Å². The van der Waals surface area contributed by atoms with Crippen molar-refractivity contribution in [2.75, 3.05) is 14.2 Å². The Hall–Kier alpha value is -1.85. The van der Waals surface area contributed by atoms with Gasteiger partial charge in [-0.25, -0.2) is 0 Å². The number of fused-ring (bicyclic) bond motifs is 2. The summed E-state index contributed by atoms with van der Waals surface area (Å²) in [7, 11) is 6.11. The number of carbonyl (C=O) groups is 2. The van der Waals surface area contributed by atoms with Gasteiger partial charge in [0.05, 0.1) is 24.6 Å². The van der Waals surface area contributed by atoms with Gasteiger partial charge in [0.1, 0.15) is 5.75 Å². The molecule has 0 N–H and O–H groups in total. The molecule has 4 aliphatic rings. The van der Waals surface area contributed by atoms with Gasteiger partial charge in [-0.05, 0) is 31.5 Å². The molecule has 4 atom stereocenters. The molecule has 8 heteroatoms. The van der Waals surface area contributed by atoms with Crippen LogP contribution in [-0.2, 0) is 9.59 Å². The molecule has 5 rings (SSSR count). The van der Waals surface area contributed by atoms with Crippen LogP contribution in [0.5, 0.6) is 5.75 Å². The summed E-state index contributed by atoms with van der Waals surface area (Å²) in [6, 6.07) is 9.32. The summed E-state index contributed by atoms with van der Waals surface area (Å²) in [5, 5.41) is 9.98. The molecule has 1 spiro atoms. The lowest BCUT2D eigenvalue weighted by Crippen LogP contribution is -2.73. The van der Waals surface area contributed by atoms with Crippen LogP contribution < -0.4 is 4.74 Å². The Labute approximate surface area is 160 Å². The van der Waals surface area contributed by atoms with Crippen molar-refractivity contribution in [3.05, 3.63) is 29.8 Å². The van der Waals surface area contributed by atoms with Gasteiger partial charge in [-0.2, -0.15) is 5.26 Å². The zero-order chi connectivity index (χ0) is 18.9. The van der Waals surface area contributed by atoms with Gasteiger partial charge in [-0.15, -0.1) is 0 Å². The molecule has 0 radical (unpaired) electrons. The second kappa shape index (κ2) is 5.33. The maximum absolute atomic E-state index is 13.4. The van der Waals surface area contributed by atoms with E-state index in [4.69, 9.17) is 4.74 Å². The summed E-state index contributed by atoms with van der Waals surface area (Å²) in [5.74, 6) is 0.503. The molecule has 2 bridgehead atoms. The average Bonchev–Trinajstić information content (AvgIpc) is 2.93. The lowest BCUT2D eigenvalue weighted by Gasteiger charge is -2.57. The fourth-order valence-corrected chi connectivity index (χ4v) is 7.79. The Morgan fingerprint density at radius 2 is 1.85 bits per heavy atom. The van der Waals surface area contributed by atoms with E-state index in [-0.39, 0.29) is 11.8 Å². The lowest BCUT2D eigenvalue weighted by atomic mass is 9.79. The number of hydrogen-bond donors (Lipinski definition) is 0. The number of piperazine rings is 1. The molecular formula is C18H19N3O3S2. The van der Waals surface area contributed by atoms with E-state index < -0.39 is 21.2 Å². The van der Waals surface area contributed by atoms with E-state index in [1.165, 1.54) is 21.6 Å². The van der Waals surface area contributed by atoms with Gasteiger partial charge < -0.3 is 14.5 Å². The predicted molar refractivity (Wildman–Crippen MR) is 100 cm³/mol. The summed E-state index contributed by atoms with van der Waals surface area (Å²) >= 11 is 0. The number of rotatable bonds is 2. The first-order chi connectivity index (χ1) is 12.2. The minimum absolute atomic E-state index is 0.0964. The molecule has 26 heavy (non-hydrogen) atoms. The lowest BCUT2D eigenvalue weighted by molar-refractivity contribution is -0.164. The zero-order valence-electron chi connectivity index (χ0n) is 15.0. The van der Waals surface area contributed by atoms with Crippen molar-refractivity contribution < 1.29 is 14.3 Å². The van der Waals surface area contributed by atoms with E-state index in [9.17, 15) is 14.9 Å². The van der Waals surface area contributed by atoms with Crippen LogP contribution in [0, 0.1) is 16.7 Å². The first kappa shape index (κ1) is 17.6. The molecule has 1 aromatic carbocycles. The van der Waals surface area contributed by atoms with Gasteiger partial charge >= 0.3 is 0 Å². The molecule has 4 fully saturated rings. The van der Waals surface area contributed by atoms with Crippen molar-refractivity contribution in [2.45, 2.75) is 36.1 Å². The number of nitrogens with zero attached hydrogens (tertiary/aromatic N) is 3. The van der Waals surface area contributed by atoms with Gasteiger partial charge in [0, 0.05) is 13.5 Å². The minimum atomic E-state index is -1.02. The van der Waals surface area contributed by atoms with Gasteiger partial charge in [-0.3, -0.25) is 9.59 Å². The average molecular weight is 390 g/mol. The smallest absolute Gasteiger partial charge is 0.261 e. The van der Waals surface area contributed by atoms with Crippen LogP contribution in [-0.4, -0.2) is 45.5 Å². The first-order valence-electron chi connectivity index (χ1n) is 8.27. The topological polar surface area (TPSA) is 73.6 Å². The summed E-state index contributed by atoms with van der Waals surface area (Å²) < 4.78 is 5.22. The summed E-state index contributed by atoms with van der Waals surface area (Å²) in [6.07, 6.45) is 0.315. The summed E-state index contributed by atoms with van der Waals surface area (Å²) in [4.78, 5) is 27.9. The minimum Gasteiger partial charge on any atom is -0.497 e. The molecule has 0 saturated carbocycles. The number of ether oxygens (including phenoxy) is 1. The predicted octanol–water partition coefficient (Wildman–Crippen LogP) is 2.78. The van der Waals surface area contributed by atoms with Crippen LogP contribution >= 0.6 is 21.6 Å². The Morgan fingerprint density at radius 1 is 1.19 bits per heavy atom. The molecule has 4 aliphatic heterocycles. The van der Waals surface area contributed by atoms with E-state index in [0.29, 0.717) is 12.2 Å². The Bertz CT molecular complexity index is 854. The van der Waals surface area contributed by atoms with Crippen LogP contribution in [0.4, 0.5) is 0 Å². The van der Waals surface area contributed by atoms with Crippen molar-refractivity contribution >= 4 is 33.4 Å². The number of methoxy groups -OCH3 is 1. The molecule has 2 amide bonds. The molecule has 1 aromatic rings. The number of carbonyl (C=O) groups excluding carboxylic acids is 2. The quantitative estimate of drug-likeness (QED) is 0.724. The van der Waals surface area contributed by atoms with Crippen LogP contribution in [0.3, 0.4) is 0 Å². The monoisotopic (exact) mass is 389 g/mol. The number of nitriles is 1. The first-order valence-corrected chi connectivity index (χ1v) is 10.4. The molecule has 4 saturated heterocycles. The standard InChI is InChI=1S/C18H19N3O3S2/c1-16(10-19)9-18-15(23)20(3)17(2,25-26-18)14(22)21(18)13(16)11-5-7-12(24-4)8-6-11/h5-8,13H,9H2,1-4H3. The third-order valence-corrected chi connectivity index (χ3v) is 9.48. The van der Waals surface area contributed by atoms with E-state index in [1.54, 1.807) is 30.9 Å². The van der Waals surface area contributed by atoms with E-state index in [0.717, 1.165) is 5.56 Å². The van der Waals surface area contributed by atoms with Crippen molar-refractivity contribution in [2.24, 2.45) is 5.41 Å². The van der Waals surface area contributed by atoms with Crippen LogP contribution in [0.15, 0.2) is 24.3 Å². The maximum Gasteiger partial charge on any atom is 0.261 e. The number of benzene rings is 1. The van der Waals surface area contributed by atoms with Crippen molar-refractivity contribution in [3.63, 3.8) is 0 Å². The largest absolute Gasteiger partial charge is 0.497 e. The molecule has 6 nitrogen and oxygen atoms in total. The van der Waals surface area contributed by atoms with E-state index >= 15 is 0 Å². The highest BCUT2D eigenvalue weighted by Gasteiger charge is 2.74. The zero-order valence-corrected chi connectivity index (χ0v) is 16.6. The number of amides is 2. The second-order valence-corrected chi connectivity index (χ2v) is 10.2. The third-order valence-electron chi connectivity index (χ3n) is 5.78.